The van der Waals surface area contributed by atoms with Crippen molar-refractivity contribution in [3.05, 3.63) is 34.4 Å². The number of carbonyl (C=O) groups excluding carboxylic acids is 2. The first-order valence-corrected chi connectivity index (χ1v) is 10.3. The highest BCUT2D eigenvalue weighted by Gasteiger charge is 2.27. The van der Waals surface area contributed by atoms with Crippen LogP contribution in [-0.2, 0) is 4.79 Å². The lowest BCUT2D eigenvalue weighted by Crippen LogP contribution is -2.56. The van der Waals surface area contributed by atoms with Gasteiger partial charge in [-0.05, 0) is 31.9 Å². The van der Waals surface area contributed by atoms with Crippen LogP contribution in [0.1, 0.15) is 39.0 Å². The highest BCUT2D eigenvalue weighted by atomic mass is 16.6. The van der Waals surface area contributed by atoms with Crippen LogP contribution in [0, 0.1) is 10.1 Å². The summed E-state index contributed by atoms with van der Waals surface area (Å²) >= 11 is 0. The molecule has 9 nitrogen and oxygen atoms in total. The van der Waals surface area contributed by atoms with Gasteiger partial charge in [0.05, 0.1) is 11.0 Å². The van der Waals surface area contributed by atoms with Gasteiger partial charge in [-0.2, -0.15) is 0 Å². The summed E-state index contributed by atoms with van der Waals surface area (Å²) in [5.41, 5.74) is 1.00. The molecular formula is C20H29N5O4. The standard InChI is InChI=1S/C20H29N5O4/c1-15(19(26)22-20(27)21-16-5-3-2-4-6-16)23-11-13-24(14-12-23)17-7-9-18(10-8-17)25(28)29/h7-10,15-16H,2-6,11-14H2,1H3,(H2,21,22,26,27). The predicted octanol–water partition coefficient (Wildman–Crippen LogP) is 2.26. The number of rotatable bonds is 5. The van der Waals surface area contributed by atoms with Gasteiger partial charge in [0.2, 0.25) is 5.91 Å². The molecule has 1 saturated heterocycles. The number of amides is 3. The molecule has 1 aliphatic carbocycles. The van der Waals surface area contributed by atoms with Crippen LogP contribution < -0.4 is 15.5 Å². The first kappa shape index (κ1) is 21.0. The summed E-state index contributed by atoms with van der Waals surface area (Å²) in [7, 11) is 0. The third kappa shape index (κ3) is 5.66. The van der Waals surface area contributed by atoms with Gasteiger partial charge in [0.15, 0.2) is 0 Å². The summed E-state index contributed by atoms with van der Waals surface area (Å²) in [4.78, 5) is 39.1. The van der Waals surface area contributed by atoms with Crippen LogP contribution in [0.2, 0.25) is 0 Å². The Morgan fingerprint density at radius 3 is 2.28 bits per heavy atom. The van der Waals surface area contributed by atoms with Gasteiger partial charge in [0, 0.05) is 50.0 Å². The number of hydrogen-bond donors (Lipinski definition) is 2. The predicted molar refractivity (Wildman–Crippen MR) is 110 cm³/mol. The fraction of sp³-hybridized carbons (Fsp3) is 0.600. The van der Waals surface area contributed by atoms with Crippen molar-refractivity contribution in [2.45, 2.75) is 51.1 Å². The highest BCUT2D eigenvalue weighted by molar-refractivity contribution is 5.96. The molecule has 1 aromatic rings. The van der Waals surface area contributed by atoms with Gasteiger partial charge in [-0.25, -0.2) is 4.79 Å². The minimum Gasteiger partial charge on any atom is -0.369 e. The van der Waals surface area contributed by atoms with Gasteiger partial charge in [-0.15, -0.1) is 0 Å². The van der Waals surface area contributed by atoms with Crippen molar-refractivity contribution in [2.24, 2.45) is 0 Å². The molecule has 158 valence electrons. The van der Waals surface area contributed by atoms with Gasteiger partial charge in [-0.1, -0.05) is 19.3 Å². The summed E-state index contributed by atoms with van der Waals surface area (Å²) < 4.78 is 0. The quantitative estimate of drug-likeness (QED) is 0.577. The summed E-state index contributed by atoms with van der Waals surface area (Å²) in [6.07, 6.45) is 5.40. The third-order valence-corrected chi connectivity index (χ3v) is 5.84. The zero-order chi connectivity index (χ0) is 20.8. The average Bonchev–Trinajstić information content (AvgIpc) is 2.74. The molecule has 29 heavy (non-hydrogen) atoms. The van der Waals surface area contributed by atoms with E-state index in [1.54, 1.807) is 12.1 Å². The van der Waals surface area contributed by atoms with Crippen molar-refractivity contribution in [1.82, 2.24) is 15.5 Å². The van der Waals surface area contributed by atoms with E-state index in [-0.39, 0.29) is 17.6 Å². The second-order valence-electron chi connectivity index (χ2n) is 7.77. The van der Waals surface area contributed by atoms with Gasteiger partial charge >= 0.3 is 6.03 Å². The summed E-state index contributed by atoms with van der Waals surface area (Å²) in [6, 6.07) is 5.87. The molecule has 1 aromatic carbocycles. The molecule has 1 aliphatic heterocycles. The van der Waals surface area contributed by atoms with E-state index < -0.39 is 17.0 Å². The Morgan fingerprint density at radius 2 is 1.69 bits per heavy atom. The summed E-state index contributed by atoms with van der Waals surface area (Å²) in [6.45, 7) is 4.59. The fourth-order valence-electron chi connectivity index (χ4n) is 4.00. The van der Waals surface area contributed by atoms with E-state index in [0.717, 1.165) is 31.4 Å². The first-order valence-electron chi connectivity index (χ1n) is 10.3. The molecule has 2 aliphatic rings. The molecule has 0 aromatic heterocycles. The number of piperazine rings is 1. The monoisotopic (exact) mass is 403 g/mol. The molecule has 2 N–H and O–H groups in total. The number of nitrogens with zero attached hydrogens (tertiary/aromatic N) is 3. The molecule has 3 rings (SSSR count). The molecule has 0 radical (unpaired) electrons. The minimum absolute atomic E-state index is 0.0733. The number of benzene rings is 1. The van der Waals surface area contributed by atoms with Crippen molar-refractivity contribution in [1.29, 1.82) is 0 Å². The molecule has 0 spiro atoms. The molecule has 1 saturated carbocycles. The number of nitro groups is 1. The van der Waals surface area contributed by atoms with Crippen LogP contribution in [0.15, 0.2) is 24.3 Å². The zero-order valence-corrected chi connectivity index (χ0v) is 16.8. The molecule has 3 amide bonds. The van der Waals surface area contributed by atoms with E-state index in [0.29, 0.717) is 26.2 Å². The molecule has 9 heteroatoms. The smallest absolute Gasteiger partial charge is 0.321 e. The van der Waals surface area contributed by atoms with Crippen LogP contribution >= 0.6 is 0 Å². The van der Waals surface area contributed by atoms with E-state index >= 15 is 0 Å². The zero-order valence-electron chi connectivity index (χ0n) is 16.8. The van der Waals surface area contributed by atoms with E-state index in [2.05, 4.69) is 15.5 Å². The number of non-ortho nitro benzene ring substituents is 1. The number of carbonyl (C=O) groups is 2. The second-order valence-corrected chi connectivity index (χ2v) is 7.77. The Bertz CT molecular complexity index is 725. The Morgan fingerprint density at radius 1 is 1.07 bits per heavy atom. The first-order chi connectivity index (χ1) is 13.9. The molecule has 1 unspecified atom stereocenters. The number of urea groups is 1. The minimum atomic E-state index is -0.410. The van der Waals surface area contributed by atoms with E-state index in [1.165, 1.54) is 18.6 Å². The van der Waals surface area contributed by atoms with Crippen LogP contribution in [0.5, 0.6) is 0 Å². The summed E-state index contributed by atoms with van der Waals surface area (Å²) in [5.74, 6) is -0.290. The maximum atomic E-state index is 12.5. The lowest BCUT2D eigenvalue weighted by molar-refractivity contribution is -0.384. The van der Waals surface area contributed by atoms with Crippen LogP contribution in [0.3, 0.4) is 0 Å². The Hall–Kier alpha value is -2.68. The lowest BCUT2D eigenvalue weighted by Gasteiger charge is -2.38. The van der Waals surface area contributed by atoms with Crippen molar-refractivity contribution in [3.8, 4) is 0 Å². The fourth-order valence-corrected chi connectivity index (χ4v) is 4.00. The van der Waals surface area contributed by atoms with Crippen molar-refractivity contribution in [2.75, 3.05) is 31.1 Å². The van der Waals surface area contributed by atoms with Crippen LogP contribution in [0.4, 0.5) is 16.2 Å². The average molecular weight is 403 g/mol. The van der Waals surface area contributed by atoms with Gasteiger partial charge < -0.3 is 10.2 Å². The SMILES string of the molecule is CC(C(=O)NC(=O)NC1CCCCC1)N1CCN(c2ccc([N+](=O)[O-])cc2)CC1. The number of nitrogens with one attached hydrogen (secondary N) is 2. The number of imide groups is 1. The summed E-state index contributed by atoms with van der Waals surface area (Å²) in [5, 5.41) is 16.2. The van der Waals surface area contributed by atoms with Gasteiger partial charge in [0.1, 0.15) is 0 Å². The molecule has 2 fully saturated rings. The Balaban J connectivity index is 1.44. The maximum Gasteiger partial charge on any atom is 0.321 e. The highest BCUT2D eigenvalue weighted by Crippen LogP contribution is 2.21. The number of anilines is 1. The molecular weight excluding hydrogens is 374 g/mol. The van der Waals surface area contributed by atoms with E-state index in [9.17, 15) is 19.7 Å². The lowest BCUT2D eigenvalue weighted by atomic mass is 9.96. The normalized spacial score (nSPS) is 19.4. The van der Waals surface area contributed by atoms with Crippen molar-refractivity contribution in [3.63, 3.8) is 0 Å². The topological polar surface area (TPSA) is 108 Å². The Kier molecular flexibility index (Phi) is 7.03. The van der Waals surface area contributed by atoms with Crippen molar-refractivity contribution < 1.29 is 14.5 Å². The Labute approximate surface area is 170 Å². The molecule has 0 bridgehead atoms. The number of nitro benzene ring substituents is 1. The second kappa shape index (κ2) is 9.69. The van der Waals surface area contributed by atoms with Gasteiger partial charge in [0.25, 0.3) is 5.69 Å². The maximum absolute atomic E-state index is 12.5. The van der Waals surface area contributed by atoms with Crippen molar-refractivity contribution >= 4 is 23.3 Å². The molecule has 1 atom stereocenters. The van der Waals surface area contributed by atoms with E-state index in [4.69, 9.17) is 0 Å². The number of hydrogen-bond acceptors (Lipinski definition) is 6. The van der Waals surface area contributed by atoms with E-state index in [1.807, 2.05) is 11.8 Å². The van der Waals surface area contributed by atoms with Gasteiger partial charge in [-0.3, -0.25) is 25.1 Å². The largest absolute Gasteiger partial charge is 0.369 e. The third-order valence-electron chi connectivity index (χ3n) is 5.84. The van der Waals surface area contributed by atoms with Crippen LogP contribution in [-0.4, -0.2) is 60.0 Å². The van der Waals surface area contributed by atoms with Crippen LogP contribution in [0.25, 0.3) is 0 Å². The molecule has 1 heterocycles.